The van der Waals surface area contributed by atoms with E-state index in [9.17, 15) is 19.2 Å². The topological polar surface area (TPSA) is 116 Å². The standard InChI is InChI=1S/C25H29N5O4/c1-17(15-23(32)27-18-7-6-8-19(16-18)29-12-4-5-13-29)26-22(31)11-14-30-21-10-3-2-9-20(21)24(33)28-25(30)34/h2-3,6-10,16-17H,4-5,11-15H2,1H3,(H,26,31)(H,27,32)(H,28,33,34). The Hall–Kier alpha value is -3.88. The molecule has 0 radical (unpaired) electrons. The van der Waals surface area contributed by atoms with Crippen molar-refractivity contribution in [1.29, 1.82) is 0 Å². The van der Waals surface area contributed by atoms with Crippen molar-refractivity contribution >= 4 is 34.1 Å². The molecule has 178 valence electrons. The zero-order valence-corrected chi connectivity index (χ0v) is 19.2. The molecule has 34 heavy (non-hydrogen) atoms. The maximum atomic E-state index is 12.5. The van der Waals surface area contributed by atoms with E-state index in [0.29, 0.717) is 10.9 Å². The zero-order chi connectivity index (χ0) is 24.1. The Labute approximate surface area is 196 Å². The lowest BCUT2D eigenvalue weighted by molar-refractivity contribution is -0.122. The third-order valence-corrected chi connectivity index (χ3v) is 5.97. The predicted octanol–water partition coefficient (Wildman–Crippen LogP) is 2.21. The molecule has 1 saturated heterocycles. The average Bonchev–Trinajstić information content (AvgIpc) is 3.34. The van der Waals surface area contributed by atoms with Gasteiger partial charge in [-0.25, -0.2) is 4.79 Å². The fraction of sp³-hybridized carbons (Fsp3) is 0.360. The van der Waals surface area contributed by atoms with Gasteiger partial charge in [0.1, 0.15) is 0 Å². The minimum atomic E-state index is -0.555. The summed E-state index contributed by atoms with van der Waals surface area (Å²) in [7, 11) is 0. The normalized spacial score (nSPS) is 14.2. The van der Waals surface area contributed by atoms with Gasteiger partial charge in [0.25, 0.3) is 5.56 Å². The summed E-state index contributed by atoms with van der Waals surface area (Å²) >= 11 is 0. The number of carbonyl (C=O) groups is 2. The Morgan fingerprint density at radius 1 is 1.03 bits per heavy atom. The van der Waals surface area contributed by atoms with Crippen LogP contribution in [0.2, 0.25) is 0 Å². The largest absolute Gasteiger partial charge is 0.371 e. The Morgan fingerprint density at radius 3 is 2.59 bits per heavy atom. The van der Waals surface area contributed by atoms with E-state index in [0.717, 1.165) is 24.5 Å². The van der Waals surface area contributed by atoms with Gasteiger partial charge < -0.3 is 15.5 Å². The zero-order valence-electron chi connectivity index (χ0n) is 19.2. The van der Waals surface area contributed by atoms with Crippen LogP contribution in [0, 0.1) is 0 Å². The number of aryl methyl sites for hydroxylation is 1. The van der Waals surface area contributed by atoms with Crippen LogP contribution in [0.15, 0.2) is 58.1 Å². The van der Waals surface area contributed by atoms with E-state index in [2.05, 4.69) is 20.5 Å². The molecular weight excluding hydrogens is 434 g/mol. The van der Waals surface area contributed by atoms with Gasteiger partial charge in [-0.15, -0.1) is 0 Å². The molecule has 1 fully saturated rings. The van der Waals surface area contributed by atoms with Gasteiger partial charge in [-0.3, -0.25) is 23.9 Å². The number of nitrogens with zero attached hydrogens (tertiary/aromatic N) is 2. The van der Waals surface area contributed by atoms with Crippen LogP contribution in [-0.4, -0.2) is 40.5 Å². The van der Waals surface area contributed by atoms with Crippen LogP contribution in [0.3, 0.4) is 0 Å². The van der Waals surface area contributed by atoms with Crippen molar-refractivity contribution in [2.45, 2.75) is 45.2 Å². The van der Waals surface area contributed by atoms with Gasteiger partial charge in [-0.1, -0.05) is 18.2 Å². The Morgan fingerprint density at radius 2 is 1.79 bits per heavy atom. The van der Waals surface area contributed by atoms with Crippen molar-refractivity contribution < 1.29 is 9.59 Å². The Bertz CT molecular complexity index is 1310. The molecule has 9 heteroatoms. The Kier molecular flexibility index (Phi) is 7.10. The summed E-state index contributed by atoms with van der Waals surface area (Å²) in [6.07, 6.45) is 2.53. The quantitative estimate of drug-likeness (QED) is 0.474. The van der Waals surface area contributed by atoms with Gasteiger partial charge in [0.15, 0.2) is 0 Å². The van der Waals surface area contributed by atoms with E-state index >= 15 is 0 Å². The van der Waals surface area contributed by atoms with Crippen LogP contribution in [0.5, 0.6) is 0 Å². The summed E-state index contributed by atoms with van der Waals surface area (Å²) in [5.74, 6) is -0.465. The molecule has 0 bridgehead atoms. The molecule has 3 N–H and O–H groups in total. The van der Waals surface area contributed by atoms with Gasteiger partial charge in [-0.2, -0.15) is 0 Å². The number of carbonyl (C=O) groups excluding carboxylic acids is 2. The summed E-state index contributed by atoms with van der Waals surface area (Å²) in [6, 6.07) is 14.2. The molecule has 2 amide bonds. The highest BCUT2D eigenvalue weighted by Gasteiger charge is 2.15. The van der Waals surface area contributed by atoms with E-state index in [-0.39, 0.29) is 37.2 Å². The highest BCUT2D eigenvalue weighted by atomic mass is 16.2. The van der Waals surface area contributed by atoms with Crippen molar-refractivity contribution in [3.8, 4) is 0 Å². The highest BCUT2D eigenvalue weighted by molar-refractivity contribution is 5.92. The van der Waals surface area contributed by atoms with Gasteiger partial charge in [-0.05, 0) is 50.1 Å². The highest BCUT2D eigenvalue weighted by Crippen LogP contribution is 2.23. The number of aromatic amines is 1. The molecular formula is C25H29N5O4. The smallest absolute Gasteiger partial charge is 0.328 e. The van der Waals surface area contributed by atoms with Crippen molar-refractivity contribution in [2.75, 3.05) is 23.3 Å². The van der Waals surface area contributed by atoms with Crippen molar-refractivity contribution in [1.82, 2.24) is 14.9 Å². The number of aromatic nitrogens is 2. The molecule has 0 spiro atoms. The van der Waals surface area contributed by atoms with Gasteiger partial charge in [0, 0.05) is 49.9 Å². The molecule has 4 rings (SSSR count). The lowest BCUT2D eigenvalue weighted by Crippen LogP contribution is -2.37. The van der Waals surface area contributed by atoms with E-state index in [1.165, 1.54) is 17.4 Å². The van der Waals surface area contributed by atoms with Gasteiger partial charge >= 0.3 is 5.69 Å². The average molecular weight is 464 g/mol. The second-order valence-corrected chi connectivity index (χ2v) is 8.64. The van der Waals surface area contributed by atoms with Crippen LogP contribution in [0.1, 0.15) is 32.6 Å². The molecule has 1 aliphatic heterocycles. The third kappa shape index (κ3) is 5.54. The first kappa shape index (κ1) is 23.3. The molecule has 3 aromatic rings. The van der Waals surface area contributed by atoms with E-state index < -0.39 is 11.2 Å². The van der Waals surface area contributed by atoms with Crippen LogP contribution >= 0.6 is 0 Å². The summed E-state index contributed by atoms with van der Waals surface area (Å²) in [6.45, 7) is 3.94. The molecule has 2 aromatic carbocycles. The molecule has 0 aliphatic carbocycles. The minimum Gasteiger partial charge on any atom is -0.371 e. The first-order valence-electron chi connectivity index (χ1n) is 11.6. The Balaban J connectivity index is 1.29. The summed E-state index contributed by atoms with van der Waals surface area (Å²) in [4.78, 5) is 53.7. The molecule has 1 aromatic heterocycles. The number of H-pyrrole nitrogens is 1. The molecule has 1 atom stereocenters. The van der Waals surface area contributed by atoms with E-state index in [1.807, 2.05) is 24.3 Å². The van der Waals surface area contributed by atoms with E-state index in [1.54, 1.807) is 31.2 Å². The summed E-state index contributed by atoms with van der Waals surface area (Å²) in [5.41, 5.74) is 1.30. The number of amides is 2. The molecule has 2 heterocycles. The fourth-order valence-electron chi connectivity index (χ4n) is 4.32. The van der Waals surface area contributed by atoms with Crippen molar-refractivity contribution in [2.24, 2.45) is 0 Å². The fourth-order valence-corrected chi connectivity index (χ4v) is 4.32. The number of benzene rings is 2. The number of fused-ring (bicyclic) bond motifs is 1. The number of nitrogens with one attached hydrogen (secondary N) is 3. The number of anilines is 2. The molecule has 0 saturated carbocycles. The summed E-state index contributed by atoms with van der Waals surface area (Å²) in [5, 5.41) is 6.10. The number of para-hydroxylation sites is 1. The number of rotatable bonds is 8. The lowest BCUT2D eigenvalue weighted by atomic mass is 10.2. The first-order valence-corrected chi connectivity index (χ1v) is 11.6. The molecule has 1 unspecified atom stereocenters. The minimum absolute atomic E-state index is 0.0415. The monoisotopic (exact) mass is 463 g/mol. The van der Waals surface area contributed by atoms with Crippen LogP contribution in [0.25, 0.3) is 10.9 Å². The van der Waals surface area contributed by atoms with Crippen molar-refractivity contribution in [3.05, 3.63) is 69.4 Å². The van der Waals surface area contributed by atoms with Gasteiger partial charge in [0.05, 0.1) is 10.9 Å². The number of hydrogen-bond acceptors (Lipinski definition) is 5. The molecule has 1 aliphatic rings. The first-order chi connectivity index (χ1) is 16.4. The van der Waals surface area contributed by atoms with Gasteiger partial charge in [0.2, 0.25) is 11.8 Å². The SMILES string of the molecule is CC(CC(=O)Nc1cccc(N2CCCC2)c1)NC(=O)CCn1c(=O)[nH]c(=O)c2ccccc21. The van der Waals surface area contributed by atoms with Crippen LogP contribution in [-0.2, 0) is 16.1 Å². The van der Waals surface area contributed by atoms with Crippen molar-refractivity contribution in [3.63, 3.8) is 0 Å². The maximum Gasteiger partial charge on any atom is 0.328 e. The summed E-state index contributed by atoms with van der Waals surface area (Å²) < 4.78 is 1.38. The van der Waals surface area contributed by atoms with Crippen LogP contribution < -0.4 is 26.8 Å². The third-order valence-electron chi connectivity index (χ3n) is 5.97. The second-order valence-electron chi connectivity index (χ2n) is 8.64. The second kappa shape index (κ2) is 10.4. The maximum absolute atomic E-state index is 12.5. The van der Waals surface area contributed by atoms with E-state index in [4.69, 9.17) is 0 Å². The predicted molar refractivity (Wildman–Crippen MR) is 132 cm³/mol. The number of hydrogen-bond donors (Lipinski definition) is 3. The molecule has 9 nitrogen and oxygen atoms in total. The lowest BCUT2D eigenvalue weighted by Gasteiger charge is -2.19. The van der Waals surface area contributed by atoms with Crippen LogP contribution in [0.4, 0.5) is 11.4 Å².